The molecule has 1 amide bonds. The van der Waals surface area contributed by atoms with Gasteiger partial charge in [-0.3, -0.25) is 9.59 Å². The third-order valence-electron chi connectivity index (χ3n) is 2.71. The molecule has 0 aliphatic heterocycles. The summed E-state index contributed by atoms with van der Waals surface area (Å²) in [6, 6.07) is -0.449. The summed E-state index contributed by atoms with van der Waals surface area (Å²) in [6.07, 6.45) is 4.46. The molecule has 1 atom stereocenters. The normalized spacial score (nSPS) is 18.7. The highest BCUT2D eigenvalue weighted by molar-refractivity contribution is 5.82. The van der Waals surface area contributed by atoms with Crippen LogP contribution in [0.1, 0.15) is 38.5 Å². The van der Waals surface area contributed by atoms with E-state index in [1.807, 2.05) is 0 Å². The van der Waals surface area contributed by atoms with E-state index in [4.69, 9.17) is 10.8 Å². The van der Waals surface area contributed by atoms with Crippen LogP contribution < -0.4 is 11.1 Å². The predicted molar refractivity (Wildman–Crippen MR) is 55.2 cm³/mol. The van der Waals surface area contributed by atoms with Crippen LogP contribution in [-0.2, 0) is 9.59 Å². The number of hydrogen-bond donors (Lipinski definition) is 3. The Morgan fingerprint density at radius 2 is 2.00 bits per heavy atom. The lowest BCUT2D eigenvalue weighted by molar-refractivity contribution is -0.137. The van der Waals surface area contributed by atoms with Gasteiger partial charge in [0.2, 0.25) is 5.91 Å². The summed E-state index contributed by atoms with van der Waals surface area (Å²) in [4.78, 5) is 21.8. The van der Waals surface area contributed by atoms with Crippen LogP contribution in [-0.4, -0.2) is 29.1 Å². The number of carboxylic acids is 1. The van der Waals surface area contributed by atoms with Crippen molar-refractivity contribution in [3.63, 3.8) is 0 Å². The Balaban J connectivity index is 2.22. The molecule has 1 rings (SSSR count). The van der Waals surface area contributed by atoms with Gasteiger partial charge < -0.3 is 16.2 Å². The Hall–Kier alpha value is -1.10. The number of amides is 1. The van der Waals surface area contributed by atoms with E-state index in [-0.39, 0.29) is 24.8 Å². The third kappa shape index (κ3) is 4.29. The van der Waals surface area contributed by atoms with Crippen molar-refractivity contribution in [3.8, 4) is 0 Å². The van der Waals surface area contributed by atoms with Gasteiger partial charge >= 0.3 is 5.97 Å². The molecule has 0 aromatic heterocycles. The van der Waals surface area contributed by atoms with Crippen LogP contribution in [0.5, 0.6) is 0 Å². The number of nitrogens with one attached hydrogen (secondary N) is 1. The number of nitrogens with two attached hydrogens (primary N) is 1. The molecule has 0 spiro atoms. The lowest BCUT2D eigenvalue weighted by atomic mass is 10.1. The van der Waals surface area contributed by atoms with Crippen LogP contribution in [0.4, 0.5) is 0 Å². The summed E-state index contributed by atoms with van der Waals surface area (Å²) in [5, 5.41) is 11.3. The van der Waals surface area contributed by atoms with Crippen LogP contribution in [0.2, 0.25) is 0 Å². The lowest BCUT2D eigenvalue weighted by Gasteiger charge is -2.15. The maximum absolute atomic E-state index is 11.5. The molecule has 0 radical (unpaired) electrons. The summed E-state index contributed by atoms with van der Waals surface area (Å²) < 4.78 is 0. The first-order valence-corrected chi connectivity index (χ1v) is 5.37. The molecule has 1 unspecified atom stereocenters. The molecule has 5 heteroatoms. The monoisotopic (exact) mass is 214 g/mol. The molecule has 86 valence electrons. The first kappa shape index (κ1) is 12.0. The van der Waals surface area contributed by atoms with Gasteiger partial charge in [0, 0.05) is 12.5 Å². The summed E-state index contributed by atoms with van der Waals surface area (Å²) in [7, 11) is 0. The highest BCUT2D eigenvalue weighted by Gasteiger charge is 2.21. The minimum Gasteiger partial charge on any atom is -0.481 e. The maximum Gasteiger partial charge on any atom is 0.303 e. The van der Waals surface area contributed by atoms with E-state index in [2.05, 4.69) is 5.32 Å². The maximum atomic E-state index is 11.5. The van der Waals surface area contributed by atoms with E-state index in [0.717, 1.165) is 25.7 Å². The van der Waals surface area contributed by atoms with Crippen LogP contribution in [0, 0.1) is 0 Å². The molecule has 1 aliphatic rings. The fraction of sp³-hybridized carbons (Fsp3) is 0.800. The van der Waals surface area contributed by atoms with Crippen molar-refractivity contribution in [2.75, 3.05) is 0 Å². The van der Waals surface area contributed by atoms with Gasteiger partial charge in [-0.2, -0.15) is 0 Å². The Kier molecular flexibility index (Phi) is 4.55. The summed E-state index contributed by atoms with van der Waals surface area (Å²) in [6.45, 7) is 0. The number of rotatable bonds is 5. The van der Waals surface area contributed by atoms with Crippen molar-refractivity contribution < 1.29 is 14.7 Å². The summed E-state index contributed by atoms with van der Waals surface area (Å²) >= 11 is 0. The standard InChI is InChI=1S/C10H18N2O3/c11-8(5-6-9(13)14)10(15)12-7-3-1-2-4-7/h7-8H,1-6,11H2,(H,12,15)(H,13,14). The van der Waals surface area contributed by atoms with Crippen LogP contribution >= 0.6 is 0 Å². The fourth-order valence-corrected chi connectivity index (χ4v) is 1.79. The predicted octanol–water partition coefficient (Wildman–Crippen LogP) is 0.237. The van der Waals surface area contributed by atoms with Crippen LogP contribution in [0.3, 0.4) is 0 Å². The van der Waals surface area contributed by atoms with E-state index in [1.165, 1.54) is 0 Å². The van der Waals surface area contributed by atoms with Crippen molar-refractivity contribution in [2.24, 2.45) is 5.73 Å². The van der Waals surface area contributed by atoms with Gasteiger partial charge in [0.05, 0.1) is 6.04 Å². The zero-order chi connectivity index (χ0) is 11.3. The van der Waals surface area contributed by atoms with Crippen LogP contribution in [0.15, 0.2) is 0 Å². The first-order chi connectivity index (χ1) is 7.09. The van der Waals surface area contributed by atoms with E-state index in [9.17, 15) is 9.59 Å². The molecule has 4 N–H and O–H groups in total. The van der Waals surface area contributed by atoms with Gasteiger partial charge in [-0.25, -0.2) is 0 Å². The zero-order valence-corrected chi connectivity index (χ0v) is 8.74. The van der Waals surface area contributed by atoms with Gasteiger partial charge in [-0.1, -0.05) is 12.8 Å². The second-order valence-corrected chi connectivity index (χ2v) is 4.03. The number of hydrogen-bond acceptors (Lipinski definition) is 3. The van der Waals surface area contributed by atoms with Crippen molar-refractivity contribution in [1.82, 2.24) is 5.32 Å². The smallest absolute Gasteiger partial charge is 0.303 e. The minimum absolute atomic E-state index is 0.0563. The van der Waals surface area contributed by atoms with Gasteiger partial charge in [-0.15, -0.1) is 0 Å². The molecule has 1 aliphatic carbocycles. The van der Waals surface area contributed by atoms with Crippen molar-refractivity contribution in [1.29, 1.82) is 0 Å². The Morgan fingerprint density at radius 3 is 2.53 bits per heavy atom. The largest absolute Gasteiger partial charge is 0.481 e. The minimum atomic E-state index is -0.917. The van der Waals surface area contributed by atoms with Crippen LogP contribution in [0.25, 0.3) is 0 Å². The van der Waals surface area contributed by atoms with E-state index < -0.39 is 12.0 Å². The Labute approximate surface area is 89.0 Å². The quantitative estimate of drug-likeness (QED) is 0.611. The average molecular weight is 214 g/mol. The van der Waals surface area contributed by atoms with E-state index >= 15 is 0 Å². The molecule has 1 fully saturated rings. The molecule has 15 heavy (non-hydrogen) atoms. The molecule has 0 heterocycles. The molecular formula is C10H18N2O3. The van der Waals surface area contributed by atoms with E-state index in [1.54, 1.807) is 0 Å². The molecule has 0 bridgehead atoms. The molecular weight excluding hydrogens is 196 g/mol. The van der Waals surface area contributed by atoms with Gasteiger partial charge in [0.15, 0.2) is 0 Å². The second-order valence-electron chi connectivity index (χ2n) is 4.03. The summed E-state index contributed by atoms with van der Waals surface area (Å²) in [5.74, 6) is -1.14. The molecule has 0 aromatic rings. The Bertz CT molecular complexity index is 237. The van der Waals surface area contributed by atoms with Crippen molar-refractivity contribution >= 4 is 11.9 Å². The summed E-state index contributed by atoms with van der Waals surface area (Å²) in [5.41, 5.74) is 5.57. The SMILES string of the molecule is NC(CCC(=O)O)C(=O)NC1CCCC1. The van der Waals surface area contributed by atoms with Gasteiger partial charge in [-0.05, 0) is 19.3 Å². The first-order valence-electron chi connectivity index (χ1n) is 5.37. The highest BCUT2D eigenvalue weighted by atomic mass is 16.4. The number of carbonyl (C=O) groups excluding carboxylic acids is 1. The van der Waals surface area contributed by atoms with E-state index in [0.29, 0.717) is 0 Å². The zero-order valence-electron chi connectivity index (χ0n) is 8.74. The topological polar surface area (TPSA) is 92.4 Å². The molecule has 5 nitrogen and oxygen atoms in total. The second kappa shape index (κ2) is 5.70. The van der Waals surface area contributed by atoms with Gasteiger partial charge in [0.1, 0.15) is 0 Å². The molecule has 1 saturated carbocycles. The Morgan fingerprint density at radius 1 is 1.40 bits per heavy atom. The highest BCUT2D eigenvalue weighted by Crippen LogP contribution is 2.17. The number of carbonyl (C=O) groups is 2. The molecule has 0 aromatic carbocycles. The van der Waals surface area contributed by atoms with Gasteiger partial charge in [0.25, 0.3) is 0 Å². The average Bonchev–Trinajstić information content (AvgIpc) is 2.66. The lowest BCUT2D eigenvalue weighted by Crippen LogP contribution is -2.44. The third-order valence-corrected chi connectivity index (χ3v) is 2.71. The fourth-order valence-electron chi connectivity index (χ4n) is 1.79. The number of aliphatic carboxylic acids is 1. The number of carboxylic acid groups (broad SMARTS) is 1. The molecule has 0 saturated heterocycles. The van der Waals surface area contributed by atoms with Crippen molar-refractivity contribution in [3.05, 3.63) is 0 Å². The van der Waals surface area contributed by atoms with Crippen molar-refractivity contribution in [2.45, 2.75) is 50.6 Å².